The predicted molar refractivity (Wildman–Crippen MR) is 52.6 cm³/mol. The fourth-order valence-electron chi connectivity index (χ4n) is 1.20. The van der Waals surface area contributed by atoms with Crippen molar-refractivity contribution in [1.29, 1.82) is 0 Å². The third-order valence-corrected chi connectivity index (χ3v) is 2.14. The van der Waals surface area contributed by atoms with Crippen molar-refractivity contribution in [3.8, 4) is 11.6 Å². The molecule has 14 heavy (non-hydrogen) atoms. The molecule has 2 N–H and O–H groups in total. The quantitative estimate of drug-likeness (QED) is 0.709. The first-order chi connectivity index (χ1) is 6.68. The largest absolute Gasteiger partial charge is 0.493 e. The topological polar surface area (TPSA) is 40.9 Å². The highest BCUT2D eigenvalue weighted by molar-refractivity contribution is 7.71. The van der Waals surface area contributed by atoms with Gasteiger partial charge in [0.1, 0.15) is 5.82 Å². The van der Waals surface area contributed by atoms with Crippen molar-refractivity contribution in [1.82, 2.24) is 9.55 Å². The summed E-state index contributed by atoms with van der Waals surface area (Å²) in [5, 5.41) is 9.43. The summed E-state index contributed by atoms with van der Waals surface area (Å²) in [5.41, 5.74) is 0.621. The van der Waals surface area contributed by atoms with Gasteiger partial charge in [0.25, 0.3) is 0 Å². The number of benzene rings is 1. The van der Waals surface area contributed by atoms with E-state index in [1.807, 2.05) is 0 Å². The van der Waals surface area contributed by atoms with Gasteiger partial charge in [-0.1, -0.05) is 0 Å². The number of hydrogen-bond donors (Lipinski definition) is 2. The Balaban J connectivity index is 2.60. The van der Waals surface area contributed by atoms with E-state index in [0.717, 1.165) is 0 Å². The van der Waals surface area contributed by atoms with E-state index < -0.39 is 0 Å². The molecule has 0 saturated heterocycles. The number of nitrogens with one attached hydrogen (secondary N) is 1. The minimum absolute atomic E-state index is 0.00149. The Bertz CT molecular complexity index is 500. The van der Waals surface area contributed by atoms with Crippen LogP contribution in [0.3, 0.4) is 0 Å². The maximum atomic E-state index is 12.6. The molecule has 5 heteroatoms. The van der Waals surface area contributed by atoms with E-state index in [9.17, 15) is 9.50 Å². The van der Waals surface area contributed by atoms with Gasteiger partial charge in [-0.15, -0.1) is 0 Å². The fraction of sp³-hybridized carbons (Fsp3) is 0. The van der Waals surface area contributed by atoms with Gasteiger partial charge in [0.15, 0.2) is 4.77 Å². The second-order valence-electron chi connectivity index (χ2n) is 2.76. The Hall–Kier alpha value is -1.62. The minimum atomic E-state index is -0.324. The van der Waals surface area contributed by atoms with Gasteiger partial charge in [-0.3, -0.25) is 4.57 Å². The van der Waals surface area contributed by atoms with Crippen LogP contribution in [0.1, 0.15) is 0 Å². The van der Waals surface area contributed by atoms with Crippen molar-refractivity contribution in [3.05, 3.63) is 41.1 Å². The molecule has 2 rings (SSSR count). The molecule has 1 aromatic carbocycles. The van der Waals surface area contributed by atoms with Gasteiger partial charge in [-0.2, -0.15) is 0 Å². The molecule has 1 aromatic heterocycles. The molecule has 0 saturated carbocycles. The number of halogens is 1. The van der Waals surface area contributed by atoms with Gasteiger partial charge in [-0.05, 0) is 36.5 Å². The lowest BCUT2D eigenvalue weighted by Gasteiger charge is -2.02. The summed E-state index contributed by atoms with van der Waals surface area (Å²) in [5.74, 6) is -0.322. The van der Waals surface area contributed by atoms with Crippen LogP contribution in [0, 0.1) is 10.6 Å². The molecule has 1 heterocycles. The Morgan fingerprint density at radius 2 is 1.93 bits per heavy atom. The minimum Gasteiger partial charge on any atom is -0.493 e. The molecule has 0 radical (unpaired) electrons. The number of aromatic amines is 1. The normalized spacial score (nSPS) is 10.4. The van der Waals surface area contributed by atoms with Crippen molar-refractivity contribution < 1.29 is 9.50 Å². The first-order valence-electron chi connectivity index (χ1n) is 3.94. The Morgan fingerprint density at radius 3 is 2.43 bits per heavy atom. The molecule has 2 aromatic rings. The van der Waals surface area contributed by atoms with Gasteiger partial charge in [0.05, 0.1) is 11.9 Å². The monoisotopic (exact) mass is 210 g/mol. The maximum Gasteiger partial charge on any atom is 0.214 e. The molecule has 0 unspecified atom stereocenters. The molecule has 0 amide bonds. The van der Waals surface area contributed by atoms with Crippen LogP contribution in [0.25, 0.3) is 5.69 Å². The zero-order chi connectivity index (χ0) is 10.1. The van der Waals surface area contributed by atoms with Crippen LogP contribution in [-0.4, -0.2) is 14.7 Å². The van der Waals surface area contributed by atoms with Crippen molar-refractivity contribution in [2.24, 2.45) is 0 Å². The van der Waals surface area contributed by atoms with Gasteiger partial charge < -0.3 is 10.1 Å². The van der Waals surface area contributed by atoms with E-state index >= 15 is 0 Å². The van der Waals surface area contributed by atoms with Crippen molar-refractivity contribution in [2.75, 3.05) is 0 Å². The molecule has 0 bridgehead atoms. The van der Waals surface area contributed by atoms with Gasteiger partial charge in [-0.25, -0.2) is 4.39 Å². The van der Waals surface area contributed by atoms with Crippen LogP contribution in [0.5, 0.6) is 5.88 Å². The highest BCUT2D eigenvalue weighted by Gasteiger charge is 2.03. The first kappa shape index (κ1) is 8.96. The maximum absolute atomic E-state index is 12.6. The molecular formula is C9H7FN2OS. The zero-order valence-electron chi connectivity index (χ0n) is 7.07. The van der Waals surface area contributed by atoms with Crippen LogP contribution in [0.15, 0.2) is 30.5 Å². The molecular weight excluding hydrogens is 203 g/mol. The standard InChI is InChI=1S/C9H7FN2OS/c10-6-1-3-7(4-2-6)12-8(13)5-11-9(12)14/h1-5,13H,(H,11,14). The number of hydrogen-bond acceptors (Lipinski definition) is 2. The smallest absolute Gasteiger partial charge is 0.214 e. The number of rotatable bonds is 1. The molecule has 72 valence electrons. The van der Waals surface area contributed by atoms with E-state index in [2.05, 4.69) is 4.98 Å². The van der Waals surface area contributed by atoms with E-state index in [1.165, 1.54) is 22.9 Å². The molecule has 0 aliphatic heterocycles. The van der Waals surface area contributed by atoms with Gasteiger partial charge in [0, 0.05) is 0 Å². The average Bonchev–Trinajstić information content (AvgIpc) is 2.49. The SMILES string of the molecule is Oc1c[nH]c(=S)n1-c1ccc(F)cc1. The van der Waals surface area contributed by atoms with Gasteiger partial charge in [0.2, 0.25) is 5.88 Å². The first-order valence-corrected chi connectivity index (χ1v) is 4.34. The molecule has 3 nitrogen and oxygen atoms in total. The molecule has 0 atom stereocenters. The number of H-pyrrole nitrogens is 1. The summed E-state index contributed by atoms with van der Waals surface area (Å²) in [4.78, 5) is 2.68. The van der Waals surface area contributed by atoms with E-state index in [1.54, 1.807) is 12.1 Å². The van der Waals surface area contributed by atoms with Crippen LogP contribution in [-0.2, 0) is 0 Å². The highest BCUT2D eigenvalue weighted by Crippen LogP contribution is 2.17. The predicted octanol–water partition coefficient (Wildman–Crippen LogP) is 2.38. The number of aromatic hydroxyl groups is 1. The van der Waals surface area contributed by atoms with Crippen LogP contribution < -0.4 is 0 Å². The second-order valence-corrected chi connectivity index (χ2v) is 3.15. The number of aromatic nitrogens is 2. The van der Waals surface area contributed by atoms with E-state index in [-0.39, 0.29) is 11.7 Å². The Labute approximate surface area is 84.4 Å². The average molecular weight is 210 g/mol. The summed E-state index contributed by atoms with van der Waals surface area (Å²) >= 11 is 4.94. The third kappa shape index (κ3) is 1.42. The van der Waals surface area contributed by atoms with Crippen LogP contribution >= 0.6 is 12.2 Å². The highest BCUT2D eigenvalue weighted by atomic mass is 32.1. The zero-order valence-corrected chi connectivity index (χ0v) is 7.88. The lowest BCUT2D eigenvalue weighted by molar-refractivity contribution is 0.442. The lowest BCUT2D eigenvalue weighted by atomic mass is 10.3. The summed E-state index contributed by atoms with van der Waals surface area (Å²) < 4.78 is 14.4. The number of imidazole rings is 1. The third-order valence-electron chi connectivity index (χ3n) is 1.84. The summed E-state index contributed by atoms with van der Waals surface area (Å²) in [6.07, 6.45) is 1.38. The molecule has 0 spiro atoms. The summed E-state index contributed by atoms with van der Waals surface area (Å²) in [6, 6.07) is 5.70. The summed E-state index contributed by atoms with van der Waals surface area (Å²) in [7, 11) is 0. The van der Waals surface area contributed by atoms with E-state index in [4.69, 9.17) is 12.2 Å². The fourth-order valence-corrected chi connectivity index (χ4v) is 1.46. The molecule has 0 aliphatic carbocycles. The van der Waals surface area contributed by atoms with Crippen LogP contribution in [0.4, 0.5) is 4.39 Å². The Morgan fingerprint density at radius 1 is 1.29 bits per heavy atom. The summed E-state index contributed by atoms with van der Waals surface area (Å²) in [6.45, 7) is 0. The van der Waals surface area contributed by atoms with Gasteiger partial charge >= 0.3 is 0 Å². The van der Waals surface area contributed by atoms with Crippen LogP contribution in [0.2, 0.25) is 0 Å². The van der Waals surface area contributed by atoms with Crippen molar-refractivity contribution in [3.63, 3.8) is 0 Å². The molecule has 0 aliphatic rings. The number of nitrogens with zero attached hydrogens (tertiary/aromatic N) is 1. The van der Waals surface area contributed by atoms with Crippen molar-refractivity contribution in [2.45, 2.75) is 0 Å². The van der Waals surface area contributed by atoms with Crippen molar-refractivity contribution >= 4 is 12.2 Å². The molecule has 0 fully saturated rings. The Kier molecular flexibility index (Phi) is 2.09. The van der Waals surface area contributed by atoms with E-state index in [0.29, 0.717) is 10.5 Å². The second kappa shape index (κ2) is 3.26. The lowest BCUT2D eigenvalue weighted by Crippen LogP contribution is -1.92.